The number of carbonyl (C=O) groups is 1. The lowest BCUT2D eigenvalue weighted by molar-refractivity contribution is -0.385. The molecule has 0 aliphatic heterocycles. The molecule has 0 aromatic heterocycles. The number of methoxy groups -OCH3 is 1. The van der Waals surface area contributed by atoms with E-state index in [1.54, 1.807) is 6.07 Å². The highest BCUT2D eigenvalue weighted by atomic mass is 35.5. The van der Waals surface area contributed by atoms with Gasteiger partial charge in [0.05, 0.1) is 22.6 Å². The second-order valence-electron chi connectivity index (χ2n) is 8.88. The Labute approximate surface area is 203 Å². The van der Waals surface area contributed by atoms with E-state index in [2.05, 4.69) is 5.32 Å². The molecule has 2 bridgehead atoms. The van der Waals surface area contributed by atoms with Gasteiger partial charge >= 0.3 is 0 Å². The average molecular weight is 508 g/mol. The van der Waals surface area contributed by atoms with Gasteiger partial charge in [0.25, 0.3) is 15.7 Å². The lowest BCUT2D eigenvalue weighted by Crippen LogP contribution is -2.46. The highest BCUT2D eigenvalue weighted by Crippen LogP contribution is 2.44. The molecule has 0 saturated heterocycles. The molecule has 2 aliphatic rings. The van der Waals surface area contributed by atoms with Crippen LogP contribution in [0.25, 0.3) is 0 Å². The van der Waals surface area contributed by atoms with Crippen LogP contribution in [0, 0.1) is 28.9 Å². The Balaban J connectivity index is 1.72. The number of nitro groups is 1. The van der Waals surface area contributed by atoms with E-state index in [1.807, 2.05) is 0 Å². The monoisotopic (exact) mass is 507 g/mol. The third kappa shape index (κ3) is 4.69. The van der Waals surface area contributed by atoms with E-state index in [-0.39, 0.29) is 33.1 Å². The van der Waals surface area contributed by atoms with Gasteiger partial charge in [0.2, 0.25) is 5.91 Å². The van der Waals surface area contributed by atoms with E-state index in [9.17, 15) is 23.3 Å². The number of anilines is 1. The normalized spacial score (nSPS) is 21.3. The number of benzene rings is 2. The Kier molecular flexibility index (Phi) is 6.73. The van der Waals surface area contributed by atoms with E-state index in [4.69, 9.17) is 16.3 Å². The maximum atomic E-state index is 13.7. The van der Waals surface area contributed by atoms with Crippen molar-refractivity contribution in [2.45, 2.75) is 43.5 Å². The first kappa shape index (κ1) is 24.3. The number of ether oxygens (including phenoxy) is 1. The molecule has 2 fully saturated rings. The Morgan fingerprint density at radius 1 is 1.24 bits per heavy atom. The lowest BCUT2D eigenvalue weighted by Gasteiger charge is -2.28. The van der Waals surface area contributed by atoms with E-state index in [0.717, 1.165) is 29.6 Å². The van der Waals surface area contributed by atoms with Gasteiger partial charge in [-0.2, -0.15) is 0 Å². The molecule has 2 aromatic carbocycles. The summed E-state index contributed by atoms with van der Waals surface area (Å²) in [5.74, 6) is 0.766. The Bertz CT molecular complexity index is 1240. The lowest BCUT2D eigenvalue weighted by atomic mass is 9.95. The number of rotatable bonds is 8. The fourth-order valence-electron chi connectivity index (χ4n) is 5.04. The number of aryl methyl sites for hydroxylation is 1. The summed E-state index contributed by atoms with van der Waals surface area (Å²) >= 11 is 6.15. The van der Waals surface area contributed by atoms with Crippen LogP contribution in [-0.2, 0) is 14.8 Å². The topological polar surface area (TPSA) is 119 Å². The summed E-state index contributed by atoms with van der Waals surface area (Å²) in [5, 5.41) is 14.7. The summed E-state index contributed by atoms with van der Waals surface area (Å²) in [6.45, 7) is 1.00. The van der Waals surface area contributed by atoms with Crippen LogP contribution in [0.3, 0.4) is 0 Å². The molecule has 2 saturated carbocycles. The minimum Gasteiger partial charge on any atom is -0.495 e. The molecule has 1 N–H and O–H groups in total. The number of carbonyl (C=O) groups excluding carboxylic acids is 1. The van der Waals surface area contributed by atoms with Crippen LogP contribution in [0.5, 0.6) is 5.75 Å². The first-order valence-electron chi connectivity index (χ1n) is 11.0. The van der Waals surface area contributed by atoms with Gasteiger partial charge in [-0.3, -0.25) is 19.2 Å². The van der Waals surface area contributed by atoms with Crippen molar-refractivity contribution in [3.63, 3.8) is 0 Å². The maximum Gasteiger partial charge on any atom is 0.273 e. The molecule has 0 radical (unpaired) electrons. The van der Waals surface area contributed by atoms with Gasteiger partial charge in [-0.1, -0.05) is 24.1 Å². The van der Waals surface area contributed by atoms with Gasteiger partial charge in [0.15, 0.2) is 0 Å². The Morgan fingerprint density at radius 3 is 2.62 bits per heavy atom. The number of nitrogens with zero attached hydrogens (tertiary/aromatic N) is 2. The Morgan fingerprint density at radius 2 is 2.00 bits per heavy atom. The molecule has 34 heavy (non-hydrogen) atoms. The second kappa shape index (κ2) is 9.42. The molecule has 0 spiro atoms. The van der Waals surface area contributed by atoms with Crippen molar-refractivity contribution in [1.82, 2.24) is 5.32 Å². The molecule has 0 heterocycles. The van der Waals surface area contributed by atoms with Crippen molar-refractivity contribution in [2.75, 3.05) is 18.0 Å². The summed E-state index contributed by atoms with van der Waals surface area (Å²) in [6.07, 6.45) is 4.21. The van der Waals surface area contributed by atoms with Gasteiger partial charge in [0, 0.05) is 22.7 Å². The summed E-state index contributed by atoms with van der Waals surface area (Å²) in [4.78, 5) is 23.5. The summed E-state index contributed by atoms with van der Waals surface area (Å²) < 4.78 is 33.7. The molecule has 2 aliphatic carbocycles. The van der Waals surface area contributed by atoms with E-state index >= 15 is 0 Å². The van der Waals surface area contributed by atoms with Crippen LogP contribution >= 0.6 is 11.6 Å². The summed E-state index contributed by atoms with van der Waals surface area (Å²) in [5.41, 5.74) is 0.0664. The first-order valence-corrected chi connectivity index (χ1v) is 12.8. The van der Waals surface area contributed by atoms with Crippen LogP contribution in [0.15, 0.2) is 41.3 Å². The van der Waals surface area contributed by atoms with Gasteiger partial charge in [-0.15, -0.1) is 0 Å². The Hall–Kier alpha value is -2.85. The molecule has 3 atom stereocenters. The third-order valence-corrected chi connectivity index (χ3v) is 8.74. The minimum absolute atomic E-state index is 0.0255. The number of halogens is 1. The van der Waals surface area contributed by atoms with Gasteiger partial charge < -0.3 is 10.1 Å². The highest BCUT2D eigenvalue weighted by Gasteiger charge is 2.40. The fraction of sp³-hybridized carbons (Fsp3) is 0.435. The van der Waals surface area contributed by atoms with Gasteiger partial charge in [0.1, 0.15) is 12.3 Å². The van der Waals surface area contributed by atoms with Crippen LogP contribution in [0.1, 0.15) is 31.2 Å². The number of sulfonamides is 1. The van der Waals surface area contributed by atoms with Crippen LogP contribution < -0.4 is 14.4 Å². The van der Waals surface area contributed by atoms with Crippen molar-refractivity contribution < 1.29 is 22.9 Å². The van der Waals surface area contributed by atoms with Crippen molar-refractivity contribution >= 4 is 38.9 Å². The second-order valence-corrected chi connectivity index (χ2v) is 11.2. The molecule has 1 amide bonds. The zero-order valence-corrected chi connectivity index (χ0v) is 20.4. The zero-order valence-electron chi connectivity index (χ0n) is 18.9. The first-order chi connectivity index (χ1) is 16.1. The molecule has 2 aromatic rings. The SMILES string of the molecule is COc1ccc(Cl)cc1N(CC(=O)N[C@@H]1C[C@H]2CC[C@H]1C2)S(=O)(=O)c1ccc(C)c([N+](=O)[O-])c1. The molecule has 9 nitrogen and oxygen atoms in total. The molecule has 11 heteroatoms. The quantitative estimate of drug-likeness (QED) is 0.425. The number of nitrogens with one attached hydrogen (secondary N) is 1. The molecule has 4 rings (SSSR count). The van der Waals surface area contributed by atoms with Gasteiger partial charge in [-0.25, -0.2) is 8.42 Å². The number of nitro benzene ring substituents is 1. The molecule has 182 valence electrons. The number of amides is 1. The third-order valence-electron chi connectivity index (χ3n) is 6.75. The number of fused-ring (bicyclic) bond motifs is 2. The zero-order chi connectivity index (χ0) is 24.6. The molecule has 0 unspecified atom stereocenters. The molecular formula is C23H26ClN3O6S. The number of hydrogen-bond donors (Lipinski definition) is 1. The summed E-state index contributed by atoms with van der Waals surface area (Å²) in [7, 11) is -3.01. The van der Waals surface area contributed by atoms with Crippen LogP contribution in [0.2, 0.25) is 5.02 Å². The van der Waals surface area contributed by atoms with Crippen molar-refractivity contribution in [1.29, 1.82) is 0 Å². The van der Waals surface area contributed by atoms with E-state index in [0.29, 0.717) is 17.4 Å². The predicted octanol–water partition coefficient (Wildman–Crippen LogP) is 4.07. The fourth-order valence-corrected chi connectivity index (χ4v) is 6.65. The molecular weight excluding hydrogens is 482 g/mol. The highest BCUT2D eigenvalue weighted by molar-refractivity contribution is 7.92. The predicted molar refractivity (Wildman–Crippen MR) is 128 cm³/mol. The van der Waals surface area contributed by atoms with Crippen molar-refractivity contribution in [3.8, 4) is 5.75 Å². The van der Waals surface area contributed by atoms with Crippen molar-refractivity contribution in [3.05, 3.63) is 57.1 Å². The number of hydrogen-bond acceptors (Lipinski definition) is 6. The maximum absolute atomic E-state index is 13.7. The summed E-state index contributed by atoms with van der Waals surface area (Å²) in [6, 6.07) is 8.13. The largest absolute Gasteiger partial charge is 0.495 e. The van der Waals surface area contributed by atoms with E-state index < -0.39 is 27.4 Å². The van der Waals surface area contributed by atoms with E-state index in [1.165, 1.54) is 44.7 Å². The van der Waals surface area contributed by atoms with Crippen LogP contribution in [-0.4, -0.2) is 38.9 Å². The van der Waals surface area contributed by atoms with Gasteiger partial charge in [-0.05, 0) is 62.3 Å². The van der Waals surface area contributed by atoms with Crippen LogP contribution in [0.4, 0.5) is 11.4 Å². The average Bonchev–Trinajstić information content (AvgIpc) is 3.40. The minimum atomic E-state index is -4.39. The smallest absolute Gasteiger partial charge is 0.273 e. The standard InChI is InChI=1S/C23H26ClN3O6S/c1-14-3-7-18(12-20(14)27(29)30)34(31,32)26(21-11-17(24)6-8-22(21)33-2)13-23(28)25-19-10-15-4-5-16(19)9-15/h3,6-8,11-12,15-16,19H,4-5,9-10,13H2,1-2H3,(H,25,28)/t15-,16-,19+/m0/s1. The van der Waals surface area contributed by atoms with Crippen molar-refractivity contribution in [2.24, 2.45) is 11.8 Å².